The van der Waals surface area contributed by atoms with Gasteiger partial charge in [0.2, 0.25) is 0 Å². The largest absolute Gasteiger partial charge is 0.451 e. The van der Waals surface area contributed by atoms with E-state index in [-0.39, 0.29) is 18.2 Å². The summed E-state index contributed by atoms with van der Waals surface area (Å²) in [6, 6.07) is 6.82. The summed E-state index contributed by atoms with van der Waals surface area (Å²) in [5, 5.41) is 13.8. The predicted molar refractivity (Wildman–Crippen MR) is 79.0 cm³/mol. The number of aliphatic hydroxyl groups excluding tert-OH is 1. The number of fused-ring (bicyclic) bond motifs is 1. The van der Waals surface area contributed by atoms with Gasteiger partial charge in [-0.25, -0.2) is 0 Å². The normalized spacial score (nSPS) is 12.8. The third kappa shape index (κ3) is 3.74. The molecule has 0 saturated carbocycles. The maximum absolute atomic E-state index is 11.9. The molecule has 0 fully saturated rings. The minimum atomic E-state index is -0.544. The summed E-state index contributed by atoms with van der Waals surface area (Å²) in [5.74, 6) is 0.273. The van der Waals surface area contributed by atoms with Crippen molar-refractivity contribution in [3.63, 3.8) is 0 Å². The van der Waals surface area contributed by atoms with Crippen molar-refractivity contribution in [3.8, 4) is 0 Å². The lowest BCUT2D eigenvalue weighted by atomic mass is 10.1. The Hall–Kier alpha value is -1.52. The molecule has 2 aromatic rings. The van der Waals surface area contributed by atoms with Crippen molar-refractivity contribution in [2.24, 2.45) is 5.92 Å². The third-order valence-electron chi connectivity index (χ3n) is 2.94. The fraction of sp³-hybridized carbons (Fsp3) is 0.400. The highest BCUT2D eigenvalue weighted by atomic mass is 35.5. The van der Waals surface area contributed by atoms with Gasteiger partial charge in [-0.05, 0) is 36.6 Å². The molecule has 1 aromatic heterocycles. The molecule has 2 rings (SSSR count). The van der Waals surface area contributed by atoms with E-state index in [4.69, 9.17) is 16.0 Å². The number of hydrogen-bond donors (Lipinski definition) is 2. The van der Waals surface area contributed by atoms with Gasteiger partial charge in [0, 0.05) is 17.0 Å². The molecule has 1 aromatic carbocycles. The number of aliphatic hydroxyl groups is 1. The maximum atomic E-state index is 11.9. The van der Waals surface area contributed by atoms with Crippen LogP contribution < -0.4 is 5.32 Å². The number of rotatable bonds is 5. The van der Waals surface area contributed by atoms with Gasteiger partial charge in [-0.1, -0.05) is 25.4 Å². The van der Waals surface area contributed by atoms with E-state index in [1.807, 2.05) is 13.8 Å². The highest BCUT2D eigenvalue weighted by Gasteiger charge is 2.14. The van der Waals surface area contributed by atoms with Gasteiger partial charge in [0.15, 0.2) is 5.76 Å². The van der Waals surface area contributed by atoms with Crippen molar-refractivity contribution < 1.29 is 14.3 Å². The molecule has 2 N–H and O–H groups in total. The lowest BCUT2D eigenvalue weighted by molar-refractivity contribution is 0.0876. The molecule has 0 bridgehead atoms. The van der Waals surface area contributed by atoms with Crippen LogP contribution in [0.4, 0.5) is 0 Å². The number of benzene rings is 1. The minimum Gasteiger partial charge on any atom is -0.451 e. The smallest absolute Gasteiger partial charge is 0.287 e. The van der Waals surface area contributed by atoms with Crippen LogP contribution in [0.2, 0.25) is 5.02 Å². The number of amides is 1. The highest BCUT2D eigenvalue weighted by molar-refractivity contribution is 6.31. The van der Waals surface area contributed by atoms with Gasteiger partial charge in [-0.15, -0.1) is 0 Å². The monoisotopic (exact) mass is 295 g/mol. The second kappa shape index (κ2) is 6.29. The molecule has 1 atom stereocenters. The van der Waals surface area contributed by atoms with Gasteiger partial charge >= 0.3 is 0 Å². The zero-order valence-electron chi connectivity index (χ0n) is 11.5. The summed E-state index contributed by atoms with van der Waals surface area (Å²) in [7, 11) is 0. The summed E-state index contributed by atoms with van der Waals surface area (Å²) in [6.07, 6.45) is 0.105. The first-order valence-corrected chi connectivity index (χ1v) is 6.99. The average Bonchev–Trinajstić information content (AvgIpc) is 2.78. The van der Waals surface area contributed by atoms with Crippen LogP contribution in [-0.4, -0.2) is 23.7 Å². The molecule has 108 valence electrons. The second-order valence-corrected chi connectivity index (χ2v) is 5.72. The Kier molecular flexibility index (Phi) is 4.68. The maximum Gasteiger partial charge on any atom is 0.287 e. The van der Waals surface area contributed by atoms with Crippen LogP contribution >= 0.6 is 11.6 Å². The Labute approximate surface area is 122 Å². The first kappa shape index (κ1) is 14.9. The van der Waals surface area contributed by atoms with Crippen LogP contribution in [-0.2, 0) is 0 Å². The molecule has 0 radical (unpaired) electrons. The molecular weight excluding hydrogens is 278 g/mol. The SMILES string of the molecule is CC(C)CC(O)CNC(=O)c1cc2cc(Cl)ccc2o1. The van der Waals surface area contributed by atoms with E-state index in [0.29, 0.717) is 22.9 Å². The standard InChI is InChI=1S/C15H18ClNO3/c1-9(2)5-12(18)8-17-15(19)14-7-10-6-11(16)3-4-13(10)20-14/h3-4,6-7,9,12,18H,5,8H2,1-2H3,(H,17,19). The van der Waals surface area contributed by atoms with Crippen molar-refractivity contribution in [1.29, 1.82) is 0 Å². The Bertz CT molecular complexity index is 606. The van der Waals surface area contributed by atoms with E-state index >= 15 is 0 Å². The topological polar surface area (TPSA) is 62.5 Å². The van der Waals surface area contributed by atoms with Crippen molar-refractivity contribution in [2.75, 3.05) is 6.54 Å². The van der Waals surface area contributed by atoms with Crippen LogP contribution in [0.5, 0.6) is 0 Å². The predicted octanol–water partition coefficient (Wildman–Crippen LogP) is 3.22. The Morgan fingerprint density at radius 2 is 2.15 bits per heavy atom. The van der Waals surface area contributed by atoms with E-state index in [1.165, 1.54) is 0 Å². The number of carbonyl (C=O) groups excluding carboxylic acids is 1. The van der Waals surface area contributed by atoms with E-state index in [2.05, 4.69) is 5.32 Å². The fourth-order valence-corrected chi connectivity index (χ4v) is 2.23. The minimum absolute atomic E-state index is 0.217. The van der Waals surface area contributed by atoms with Gasteiger partial charge in [0.1, 0.15) is 5.58 Å². The van der Waals surface area contributed by atoms with Crippen molar-refractivity contribution in [2.45, 2.75) is 26.4 Å². The molecule has 1 heterocycles. The average molecular weight is 296 g/mol. The molecule has 5 heteroatoms. The third-order valence-corrected chi connectivity index (χ3v) is 3.18. The Morgan fingerprint density at radius 1 is 1.40 bits per heavy atom. The van der Waals surface area contributed by atoms with E-state index in [1.54, 1.807) is 24.3 Å². The lowest BCUT2D eigenvalue weighted by Crippen LogP contribution is -2.32. The van der Waals surface area contributed by atoms with Gasteiger partial charge in [-0.3, -0.25) is 4.79 Å². The zero-order valence-corrected chi connectivity index (χ0v) is 12.3. The molecule has 20 heavy (non-hydrogen) atoms. The van der Waals surface area contributed by atoms with E-state index in [0.717, 1.165) is 5.39 Å². The van der Waals surface area contributed by atoms with Crippen molar-refractivity contribution in [3.05, 3.63) is 35.0 Å². The Balaban J connectivity index is 2.00. The van der Waals surface area contributed by atoms with Crippen molar-refractivity contribution >= 4 is 28.5 Å². The first-order chi connectivity index (χ1) is 9.45. The molecule has 0 aliphatic rings. The van der Waals surface area contributed by atoms with Crippen LogP contribution in [0.1, 0.15) is 30.8 Å². The molecule has 4 nitrogen and oxygen atoms in total. The summed E-state index contributed by atoms with van der Waals surface area (Å²) in [5.41, 5.74) is 0.613. The quantitative estimate of drug-likeness (QED) is 0.890. The molecule has 0 spiro atoms. The number of halogens is 1. The molecular formula is C15H18ClNO3. The van der Waals surface area contributed by atoms with Crippen LogP contribution in [0.15, 0.2) is 28.7 Å². The fourth-order valence-electron chi connectivity index (χ4n) is 2.05. The summed E-state index contributed by atoms with van der Waals surface area (Å²) < 4.78 is 5.45. The van der Waals surface area contributed by atoms with Crippen LogP contribution in [0, 0.1) is 5.92 Å². The van der Waals surface area contributed by atoms with Crippen LogP contribution in [0.25, 0.3) is 11.0 Å². The number of furan rings is 1. The summed E-state index contributed by atoms with van der Waals surface area (Å²) in [6.45, 7) is 4.26. The van der Waals surface area contributed by atoms with Crippen LogP contribution in [0.3, 0.4) is 0 Å². The van der Waals surface area contributed by atoms with Gasteiger partial charge in [0.05, 0.1) is 6.10 Å². The van der Waals surface area contributed by atoms with E-state index < -0.39 is 6.10 Å². The van der Waals surface area contributed by atoms with Gasteiger partial charge in [-0.2, -0.15) is 0 Å². The second-order valence-electron chi connectivity index (χ2n) is 5.29. The molecule has 0 aliphatic carbocycles. The number of nitrogens with one attached hydrogen (secondary N) is 1. The Morgan fingerprint density at radius 3 is 2.85 bits per heavy atom. The lowest BCUT2D eigenvalue weighted by Gasteiger charge is -2.13. The van der Waals surface area contributed by atoms with Crippen molar-refractivity contribution in [1.82, 2.24) is 5.32 Å². The zero-order chi connectivity index (χ0) is 14.7. The number of hydrogen-bond acceptors (Lipinski definition) is 3. The first-order valence-electron chi connectivity index (χ1n) is 6.61. The van der Waals surface area contributed by atoms with E-state index in [9.17, 15) is 9.90 Å². The highest BCUT2D eigenvalue weighted by Crippen LogP contribution is 2.22. The summed E-state index contributed by atoms with van der Waals surface area (Å²) >= 11 is 5.88. The van der Waals surface area contributed by atoms with Gasteiger partial charge < -0.3 is 14.8 Å². The molecule has 0 saturated heterocycles. The molecule has 1 amide bonds. The summed E-state index contributed by atoms with van der Waals surface area (Å²) in [4.78, 5) is 11.9. The molecule has 1 unspecified atom stereocenters. The van der Waals surface area contributed by atoms with Gasteiger partial charge in [0.25, 0.3) is 5.91 Å². The molecule has 0 aliphatic heterocycles. The number of carbonyl (C=O) groups is 1.